The van der Waals surface area contributed by atoms with Crippen molar-refractivity contribution in [3.05, 3.63) is 53.9 Å². The highest BCUT2D eigenvalue weighted by Crippen LogP contribution is 2.41. The van der Waals surface area contributed by atoms with Crippen LogP contribution in [0.3, 0.4) is 0 Å². The van der Waals surface area contributed by atoms with Gasteiger partial charge in [-0.3, -0.25) is 4.79 Å². The molecule has 0 amide bonds. The van der Waals surface area contributed by atoms with E-state index in [9.17, 15) is 18.4 Å². The zero-order valence-electron chi connectivity index (χ0n) is 11.2. The van der Waals surface area contributed by atoms with Gasteiger partial charge in [0, 0.05) is 26.3 Å². The fourth-order valence-corrected chi connectivity index (χ4v) is 3.91. The van der Waals surface area contributed by atoms with Crippen LogP contribution >= 0.6 is 69.2 Å². The van der Waals surface area contributed by atoms with Crippen molar-refractivity contribution in [1.29, 1.82) is 0 Å². The minimum Gasteiger partial charge on any atom is -0.384 e. The Labute approximate surface area is 167 Å². The number of hydrogen-bond donors (Lipinski definition) is 1. The predicted octanol–water partition coefficient (Wildman–Crippen LogP) is 5.38. The van der Waals surface area contributed by atoms with E-state index in [-0.39, 0.29) is 9.92 Å². The molecule has 0 aliphatic carbocycles. The second-order valence-electron chi connectivity index (χ2n) is 4.16. The molecule has 0 saturated heterocycles. The average Bonchev–Trinajstić information content (AvgIpc) is 2.45. The third-order valence-corrected chi connectivity index (χ3v) is 5.96. The number of rotatable bonds is 4. The SMILES string of the molecule is O=C(OC(F)(F)Cl)c1c(Sc2c(Cl)ccc(I)c2Cl)cc[nH]c1=O. The van der Waals surface area contributed by atoms with E-state index in [1.54, 1.807) is 12.1 Å². The van der Waals surface area contributed by atoms with Crippen molar-refractivity contribution in [2.45, 2.75) is 15.4 Å². The smallest absolute Gasteiger partial charge is 0.384 e. The topological polar surface area (TPSA) is 59.2 Å². The van der Waals surface area contributed by atoms with E-state index in [4.69, 9.17) is 23.2 Å². The Kier molecular flexibility index (Phi) is 6.40. The summed E-state index contributed by atoms with van der Waals surface area (Å²) < 4.78 is 29.8. The molecule has 2 rings (SSSR count). The zero-order valence-corrected chi connectivity index (χ0v) is 16.5. The van der Waals surface area contributed by atoms with Gasteiger partial charge in [0.15, 0.2) is 0 Å². The van der Waals surface area contributed by atoms with Gasteiger partial charge in [0.05, 0.1) is 14.9 Å². The van der Waals surface area contributed by atoms with Gasteiger partial charge in [-0.1, -0.05) is 35.0 Å². The highest BCUT2D eigenvalue weighted by molar-refractivity contribution is 14.1. The second kappa shape index (κ2) is 7.77. The van der Waals surface area contributed by atoms with E-state index in [0.717, 1.165) is 11.8 Å². The predicted molar refractivity (Wildman–Crippen MR) is 96.6 cm³/mol. The molecule has 0 saturated carbocycles. The summed E-state index contributed by atoms with van der Waals surface area (Å²) in [6.45, 7) is 0. The third kappa shape index (κ3) is 4.75. The number of carbonyl (C=O) groups is 1. The maximum atomic E-state index is 12.7. The number of pyridine rings is 1. The molecule has 1 heterocycles. The zero-order chi connectivity index (χ0) is 18.1. The lowest BCUT2D eigenvalue weighted by Crippen LogP contribution is -2.25. The average molecular weight is 527 g/mol. The van der Waals surface area contributed by atoms with Crippen LogP contribution in [0.4, 0.5) is 8.78 Å². The lowest BCUT2D eigenvalue weighted by Gasteiger charge is -2.12. The van der Waals surface area contributed by atoms with Crippen LogP contribution in [-0.4, -0.2) is 16.5 Å². The lowest BCUT2D eigenvalue weighted by molar-refractivity contribution is -0.130. The van der Waals surface area contributed by atoms with Crippen molar-refractivity contribution in [3.8, 4) is 0 Å². The van der Waals surface area contributed by atoms with Crippen molar-refractivity contribution in [2.75, 3.05) is 0 Å². The summed E-state index contributed by atoms with van der Waals surface area (Å²) in [6.07, 6.45) is 1.25. The molecule has 1 aromatic carbocycles. The highest BCUT2D eigenvalue weighted by Gasteiger charge is 2.33. The van der Waals surface area contributed by atoms with Crippen molar-refractivity contribution >= 4 is 75.1 Å². The van der Waals surface area contributed by atoms with Crippen LogP contribution in [-0.2, 0) is 4.74 Å². The first-order valence-electron chi connectivity index (χ1n) is 5.93. The molecule has 0 bridgehead atoms. The van der Waals surface area contributed by atoms with Crippen LogP contribution in [0.5, 0.6) is 0 Å². The Morgan fingerprint density at radius 3 is 2.58 bits per heavy atom. The molecule has 128 valence electrons. The van der Waals surface area contributed by atoms with E-state index < -0.39 is 22.7 Å². The van der Waals surface area contributed by atoms with E-state index in [0.29, 0.717) is 13.5 Å². The summed E-state index contributed by atoms with van der Waals surface area (Å²) in [5.74, 6) is -1.57. The van der Waals surface area contributed by atoms with Crippen molar-refractivity contribution < 1.29 is 18.3 Å². The van der Waals surface area contributed by atoms with E-state index >= 15 is 0 Å². The van der Waals surface area contributed by atoms with E-state index in [1.807, 2.05) is 22.6 Å². The summed E-state index contributed by atoms with van der Waals surface area (Å²) >= 11 is 19.7. The first kappa shape index (κ1) is 19.8. The normalized spacial score (nSPS) is 11.4. The molecule has 24 heavy (non-hydrogen) atoms. The lowest BCUT2D eigenvalue weighted by atomic mass is 10.3. The Balaban J connectivity index is 2.50. The van der Waals surface area contributed by atoms with Crippen LogP contribution in [0, 0.1) is 3.57 Å². The van der Waals surface area contributed by atoms with Crippen LogP contribution in [0.15, 0.2) is 39.0 Å². The molecule has 0 spiro atoms. The monoisotopic (exact) mass is 525 g/mol. The van der Waals surface area contributed by atoms with Crippen molar-refractivity contribution in [3.63, 3.8) is 0 Å². The fraction of sp³-hybridized carbons (Fsp3) is 0.0769. The number of nitrogens with one attached hydrogen (secondary N) is 1. The first-order chi connectivity index (χ1) is 11.1. The number of hydrogen-bond acceptors (Lipinski definition) is 4. The minimum atomic E-state index is -4.24. The number of aromatic amines is 1. The van der Waals surface area contributed by atoms with Gasteiger partial charge in [0.2, 0.25) is 0 Å². The highest BCUT2D eigenvalue weighted by atomic mass is 127. The van der Waals surface area contributed by atoms with Gasteiger partial charge in [-0.25, -0.2) is 4.79 Å². The summed E-state index contributed by atoms with van der Waals surface area (Å²) in [5.41, 5.74) is -5.78. The Morgan fingerprint density at radius 2 is 1.96 bits per heavy atom. The number of halogens is 6. The molecule has 0 fully saturated rings. The number of H-pyrrole nitrogens is 1. The number of alkyl halides is 3. The molecule has 1 N–H and O–H groups in total. The van der Waals surface area contributed by atoms with Gasteiger partial charge >= 0.3 is 11.5 Å². The summed E-state index contributed by atoms with van der Waals surface area (Å²) in [4.78, 5) is 26.3. The molecule has 0 aliphatic heterocycles. The Bertz CT molecular complexity index is 857. The molecular weight excluding hydrogens is 521 g/mol. The van der Waals surface area contributed by atoms with Crippen LogP contribution in [0.25, 0.3) is 0 Å². The molecule has 4 nitrogen and oxygen atoms in total. The molecule has 0 unspecified atom stereocenters. The number of esters is 1. The summed E-state index contributed by atoms with van der Waals surface area (Å²) in [7, 11) is 0. The van der Waals surface area contributed by atoms with Gasteiger partial charge in [0.25, 0.3) is 5.56 Å². The molecule has 1 aromatic heterocycles. The number of carbonyl (C=O) groups excluding carboxylic acids is 1. The molecule has 0 aliphatic rings. The largest absolute Gasteiger partial charge is 0.489 e. The Hall–Kier alpha value is -0.550. The summed E-state index contributed by atoms with van der Waals surface area (Å²) in [6, 6.07) is 4.59. The van der Waals surface area contributed by atoms with E-state index in [1.165, 1.54) is 12.3 Å². The molecule has 2 aromatic rings. The molecule has 11 heteroatoms. The minimum absolute atomic E-state index is 0.0375. The number of ether oxygens (including phenoxy) is 1. The Morgan fingerprint density at radius 1 is 1.29 bits per heavy atom. The molecule has 0 atom stereocenters. The summed E-state index contributed by atoms with van der Waals surface area (Å²) in [5, 5.41) is 0.572. The van der Waals surface area contributed by atoms with Crippen LogP contribution in [0.2, 0.25) is 10.0 Å². The quantitative estimate of drug-likeness (QED) is 0.252. The van der Waals surface area contributed by atoms with Gasteiger partial charge in [-0.15, -0.1) is 8.78 Å². The van der Waals surface area contributed by atoms with Gasteiger partial charge in [-0.05, 0) is 40.8 Å². The van der Waals surface area contributed by atoms with E-state index in [2.05, 4.69) is 21.3 Å². The van der Waals surface area contributed by atoms with Gasteiger partial charge in [-0.2, -0.15) is 0 Å². The third-order valence-electron chi connectivity index (χ3n) is 2.55. The van der Waals surface area contributed by atoms with Crippen molar-refractivity contribution in [1.82, 2.24) is 4.98 Å². The maximum Gasteiger partial charge on any atom is 0.489 e. The number of benzene rings is 1. The maximum absolute atomic E-state index is 12.7. The van der Waals surface area contributed by atoms with Gasteiger partial charge in [0.1, 0.15) is 5.56 Å². The number of aromatic nitrogens is 1. The van der Waals surface area contributed by atoms with Gasteiger partial charge < -0.3 is 9.72 Å². The molecule has 0 radical (unpaired) electrons. The first-order valence-corrected chi connectivity index (χ1v) is 8.96. The van der Waals surface area contributed by atoms with Crippen molar-refractivity contribution in [2.24, 2.45) is 0 Å². The second-order valence-corrected chi connectivity index (χ2v) is 7.60. The van der Waals surface area contributed by atoms with Crippen LogP contribution in [0.1, 0.15) is 10.4 Å². The molecular formula is C13H5Cl3F2INO3S. The van der Waals surface area contributed by atoms with Crippen LogP contribution < -0.4 is 5.56 Å². The standard InChI is InChI=1S/C13H5Cl3F2INO3S/c14-5-1-2-6(19)9(15)10(5)24-7-3-4-20-11(21)8(7)12(22)23-13(16,17)18/h1-4H,(H,20,21). The fourth-order valence-electron chi connectivity index (χ4n) is 1.61.